The molecule has 0 heterocycles. The molecule has 3 N–H and O–H groups in total. The first-order chi connectivity index (χ1) is 7.07. The fourth-order valence-corrected chi connectivity index (χ4v) is 1.40. The number of hydrazine groups is 1. The van der Waals surface area contributed by atoms with Crippen molar-refractivity contribution >= 4 is 24.2 Å². The summed E-state index contributed by atoms with van der Waals surface area (Å²) in [5.41, 5.74) is 1.96. The van der Waals surface area contributed by atoms with E-state index in [0.717, 1.165) is 0 Å². The lowest BCUT2D eigenvalue weighted by molar-refractivity contribution is -0.385. The summed E-state index contributed by atoms with van der Waals surface area (Å²) in [7, 11) is 0. The molecule has 0 saturated carbocycles. The number of benzene rings is 1. The van der Waals surface area contributed by atoms with E-state index in [0.29, 0.717) is 0 Å². The van der Waals surface area contributed by atoms with Crippen molar-refractivity contribution < 1.29 is 9.72 Å². The first-order valence-corrected chi connectivity index (χ1v) is 4.51. The first kappa shape index (κ1) is 11.5. The van der Waals surface area contributed by atoms with E-state index in [1.807, 2.05) is 5.43 Å². The normalized spacial score (nSPS) is 11.9. The molecule has 0 aliphatic carbocycles. The van der Waals surface area contributed by atoms with Gasteiger partial charge in [-0.2, -0.15) is 12.6 Å². The minimum Gasteiger partial charge on any atom is -0.293 e. The molecule has 1 aromatic carbocycles. The molecule has 0 radical (unpaired) electrons. The fourth-order valence-electron chi connectivity index (χ4n) is 1.11. The molecular formula is C8H9N3O3S. The summed E-state index contributed by atoms with van der Waals surface area (Å²) < 4.78 is 0. The van der Waals surface area contributed by atoms with Gasteiger partial charge in [0.15, 0.2) is 0 Å². The number of para-hydroxylation sites is 1. The number of hydrogen-bond acceptors (Lipinski definition) is 5. The van der Waals surface area contributed by atoms with Crippen LogP contribution in [0.4, 0.5) is 5.69 Å². The van der Waals surface area contributed by atoms with Crippen molar-refractivity contribution in [2.45, 2.75) is 5.25 Å². The number of nitro groups is 1. The van der Waals surface area contributed by atoms with Gasteiger partial charge in [0.2, 0.25) is 0 Å². The van der Waals surface area contributed by atoms with Gasteiger partial charge < -0.3 is 0 Å². The van der Waals surface area contributed by atoms with Crippen LogP contribution in [-0.4, -0.2) is 10.8 Å². The van der Waals surface area contributed by atoms with E-state index in [9.17, 15) is 14.9 Å². The van der Waals surface area contributed by atoms with Crippen LogP contribution in [-0.2, 0) is 4.79 Å². The van der Waals surface area contributed by atoms with Crippen molar-refractivity contribution in [2.24, 2.45) is 5.84 Å². The number of carbonyl (C=O) groups is 1. The zero-order valence-electron chi connectivity index (χ0n) is 7.58. The van der Waals surface area contributed by atoms with Crippen molar-refractivity contribution in [3.05, 3.63) is 39.9 Å². The van der Waals surface area contributed by atoms with Crippen LogP contribution in [0.15, 0.2) is 24.3 Å². The van der Waals surface area contributed by atoms with Crippen molar-refractivity contribution in [3.8, 4) is 0 Å². The third-order valence-electron chi connectivity index (χ3n) is 1.82. The number of nitrogens with one attached hydrogen (secondary N) is 1. The average Bonchev–Trinajstić information content (AvgIpc) is 2.27. The Bertz CT molecular complexity index is 396. The van der Waals surface area contributed by atoms with E-state index in [-0.39, 0.29) is 11.3 Å². The molecule has 0 fully saturated rings. The van der Waals surface area contributed by atoms with Crippen molar-refractivity contribution in [3.63, 3.8) is 0 Å². The predicted molar refractivity (Wildman–Crippen MR) is 57.2 cm³/mol. The van der Waals surface area contributed by atoms with E-state index in [4.69, 9.17) is 5.84 Å². The smallest absolute Gasteiger partial charge is 0.274 e. The minimum atomic E-state index is -0.948. The lowest BCUT2D eigenvalue weighted by atomic mass is 10.1. The topological polar surface area (TPSA) is 98.3 Å². The highest BCUT2D eigenvalue weighted by Crippen LogP contribution is 2.28. The second kappa shape index (κ2) is 4.76. The Labute approximate surface area is 91.0 Å². The zero-order chi connectivity index (χ0) is 11.4. The van der Waals surface area contributed by atoms with E-state index in [1.54, 1.807) is 6.07 Å². The monoisotopic (exact) mass is 227 g/mol. The van der Waals surface area contributed by atoms with E-state index in [2.05, 4.69) is 12.6 Å². The highest BCUT2D eigenvalue weighted by atomic mass is 32.1. The van der Waals surface area contributed by atoms with Crippen LogP contribution >= 0.6 is 12.6 Å². The molecule has 1 unspecified atom stereocenters. The second-order valence-corrected chi connectivity index (χ2v) is 3.24. The van der Waals surface area contributed by atoms with E-state index < -0.39 is 16.1 Å². The molecule has 1 amide bonds. The molecule has 15 heavy (non-hydrogen) atoms. The van der Waals surface area contributed by atoms with Crippen LogP contribution in [0.25, 0.3) is 0 Å². The van der Waals surface area contributed by atoms with Crippen LogP contribution in [0.1, 0.15) is 10.8 Å². The number of carbonyl (C=O) groups excluding carboxylic acids is 1. The molecule has 80 valence electrons. The SMILES string of the molecule is NNC(=O)C(S)c1ccccc1[N+](=O)[O-]. The van der Waals surface area contributed by atoms with Gasteiger partial charge in [-0.15, -0.1) is 0 Å². The molecule has 1 atom stereocenters. The van der Waals surface area contributed by atoms with Crippen molar-refractivity contribution in [1.82, 2.24) is 5.43 Å². The maximum Gasteiger partial charge on any atom is 0.274 e. The van der Waals surface area contributed by atoms with Crippen LogP contribution in [0.3, 0.4) is 0 Å². The van der Waals surface area contributed by atoms with Gasteiger partial charge in [-0.25, -0.2) is 5.84 Å². The number of nitrogens with zero attached hydrogens (tertiary/aromatic N) is 1. The highest BCUT2D eigenvalue weighted by molar-refractivity contribution is 7.81. The Morgan fingerprint density at radius 2 is 2.13 bits per heavy atom. The quantitative estimate of drug-likeness (QED) is 0.231. The minimum absolute atomic E-state index is 0.152. The van der Waals surface area contributed by atoms with Gasteiger partial charge in [0.25, 0.3) is 11.6 Å². The maximum atomic E-state index is 11.2. The Hall–Kier alpha value is -1.60. The summed E-state index contributed by atoms with van der Waals surface area (Å²) >= 11 is 3.96. The summed E-state index contributed by atoms with van der Waals surface area (Å²) in [5, 5.41) is 9.70. The van der Waals surface area contributed by atoms with Crippen molar-refractivity contribution in [1.29, 1.82) is 0 Å². The average molecular weight is 227 g/mol. The Morgan fingerprint density at radius 3 is 2.67 bits per heavy atom. The number of nitrogens with two attached hydrogens (primary N) is 1. The van der Waals surface area contributed by atoms with Crippen LogP contribution in [0.5, 0.6) is 0 Å². The summed E-state index contributed by atoms with van der Waals surface area (Å²) in [5.74, 6) is 4.33. The zero-order valence-corrected chi connectivity index (χ0v) is 8.48. The van der Waals surface area contributed by atoms with Gasteiger partial charge in [0, 0.05) is 6.07 Å². The summed E-state index contributed by atoms with van der Waals surface area (Å²) in [4.78, 5) is 21.2. The predicted octanol–water partition coefficient (Wildman–Crippen LogP) is 0.556. The molecule has 0 saturated heterocycles. The molecule has 6 nitrogen and oxygen atoms in total. The number of hydrogen-bond donors (Lipinski definition) is 3. The molecule has 0 aliphatic heterocycles. The number of rotatable bonds is 3. The van der Waals surface area contributed by atoms with Gasteiger partial charge in [-0.05, 0) is 0 Å². The lowest BCUT2D eigenvalue weighted by Gasteiger charge is -2.08. The van der Waals surface area contributed by atoms with Gasteiger partial charge in [-0.3, -0.25) is 20.3 Å². The van der Waals surface area contributed by atoms with Gasteiger partial charge in [0.05, 0.1) is 10.5 Å². The van der Waals surface area contributed by atoms with E-state index in [1.165, 1.54) is 18.2 Å². The molecule has 0 aliphatic rings. The second-order valence-electron chi connectivity index (χ2n) is 2.73. The third kappa shape index (κ3) is 2.45. The van der Waals surface area contributed by atoms with Crippen molar-refractivity contribution in [2.75, 3.05) is 0 Å². The number of nitro benzene ring substituents is 1. The third-order valence-corrected chi connectivity index (χ3v) is 2.33. The molecule has 1 rings (SSSR count). The lowest BCUT2D eigenvalue weighted by Crippen LogP contribution is -2.33. The fraction of sp³-hybridized carbons (Fsp3) is 0.125. The Morgan fingerprint density at radius 1 is 1.53 bits per heavy atom. The largest absolute Gasteiger partial charge is 0.293 e. The summed E-state index contributed by atoms with van der Waals surface area (Å²) in [6, 6.07) is 5.88. The highest BCUT2D eigenvalue weighted by Gasteiger charge is 2.23. The van der Waals surface area contributed by atoms with E-state index >= 15 is 0 Å². The number of thiol groups is 1. The first-order valence-electron chi connectivity index (χ1n) is 3.99. The molecule has 1 aromatic rings. The Balaban J connectivity index is 3.13. The van der Waals surface area contributed by atoms with Crippen LogP contribution in [0, 0.1) is 10.1 Å². The standard InChI is InChI=1S/C8H9N3O3S/c9-10-8(12)7(15)5-3-1-2-4-6(5)11(13)14/h1-4,7,15H,9H2,(H,10,12). The molecule has 0 spiro atoms. The van der Waals surface area contributed by atoms with Gasteiger partial charge in [-0.1, -0.05) is 18.2 Å². The molecule has 0 aromatic heterocycles. The van der Waals surface area contributed by atoms with Gasteiger partial charge in [0.1, 0.15) is 5.25 Å². The van der Waals surface area contributed by atoms with Crippen LogP contribution in [0.2, 0.25) is 0 Å². The molecule has 0 bridgehead atoms. The summed E-state index contributed by atoms with van der Waals surface area (Å²) in [6.07, 6.45) is 0. The molecule has 7 heteroatoms. The van der Waals surface area contributed by atoms with Gasteiger partial charge >= 0.3 is 0 Å². The Kier molecular flexibility index (Phi) is 3.64. The maximum absolute atomic E-state index is 11.2. The number of amides is 1. The van der Waals surface area contributed by atoms with Crippen LogP contribution < -0.4 is 11.3 Å². The summed E-state index contributed by atoms with van der Waals surface area (Å²) in [6.45, 7) is 0. The molecular weight excluding hydrogens is 218 g/mol.